The van der Waals surface area contributed by atoms with Crippen LogP contribution in [-0.4, -0.2) is 41.4 Å². The third-order valence-electron chi connectivity index (χ3n) is 5.32. The van der Waals surface area contributed by atoms with E-state index in [-0.39, 0.29) is 11.8 Å². The quantitative estimate of drug-likeness (QED) is 0.767. The van der Waals surface area contributed by atoms with E-state index in [0.29, 0.717) is 18.7 Å². The summed E-state index contributed by atoms with van der Waals surface area (Å²) in [6.45, 7) is 2.25. The molecule has 0 unspecified atom stereocenters. The highest BCUT2D eigenvalue weighted by molar-refractivity contribution is 5.78. The van der Waals surface area contributed by atoms with Gasteiger partial charge < -0.3 is 15.4 Å². The van der Waals surface area contributed by atoms with Crippen LogP contribution in [0.2, 0.25) is 0 Å². The molecular weight excluding hydrogens is 280 g/mol. The highest BCUT2D eigenvalue weighted by Gasteiger charge is 2.35. The van der Waals surface area contributed by atoms with Crippen molar-refractivity contribution >= 4 is 5.91 Å². The van der Waals surface area contributed by atoms with Crippen LogP contribution in [0, 0.1) is 5.92 Å². The summed E-state index contributed by atoms with van der Waals surface area (Å²) in [5, 5.41) is 14.0. The first-order chi connectivity index (χ1) is 10.8. The SMILES string of the molecule is O=C(NCc1n[nH]c2c1CCC2)[C@H]1CC[C@H]2OCCN[C@@H]2C1. The average Bonchev–Trinajstić information content (AvgIpc) is 3.16. The number of aromatic amines is 1. The first kappa shape index (κ1) is 14.2. The van der Waals surface area contributed by atoms with Crippen molar-refractivity contribution in [2.24, 2.45) is 5.92 Å². The summed E-state index contributed by atoms with van der Waals surface area (Å²) < 4.78 is 5.77. The molecule has 1 aromatic heterocycles. The minimum atomic E-state index is 0.0995. The Hall–Kier alpha value is -1.40. The Morgan fingerprint density at radius 1 is 1.36 bits per heavy atom. The lowest BCUT2D eigenvalue weighted by Crippen LogP contribution is -2.53. The summed E-state index contributed by atoms with van der Waals surface area (Å²) in [5.41, 5.74) is 3.60. The molecule has 0 radical (unpaired) electrons. The van der Waals surface area contributed by atoms with Gasteiger partial charge in [-0.05, 0) is 44.1 Å². The van der Waals surface area contributed by atoms with E-state index in [2.05, 4.69) is 20.8 Å². The number of H-pyrrole nitrogens is 1. The van der Waals surface area contributed by atoms with Crippen molar-refractivity contribution in [3.8, 4) is 0 Å². The molecule has 0 spiro atoms. The lowest BCUT2D eigenvalue weighted by molar-refractivity contribution is -0.128. The molecule has 3 N–H and O–H groups in total. The summed E-state index contributed by atoms with van der Waals surface area (Å²) >= 11 is 0. The second-order valence-electron chi connectivity index (χ2n) is 6.68. The molecule has 0 aromatic carbocycles. The van der Waals surface area contributed by atoms with Crippen LogP contribution >= 0.6 is 0 Å². The zero-order chi connectivity index (χ0) is 14.9. The van der Waals surface area contributed by atoms with E-state index in [1.165, 1.54) is 17.7 Å². The molecule has 2 aliphatic carbocycles. The lowest BCUT2D eigenvalue weighted by Gasteiger charge is -2.39. The molecule has 120 valence electrons. The largest absolute Gasteiger partial charge is 0.375 e. The summed E-state index contributed by atoms with van der Waals surface area (Å²) in [6, 6.07) is 0.341. The van der Waals surface area contributed by atoms with Gasteiger partial charge in [0.05, 0.1) is 24.9 Å². The normalized spacial score (nSPS) is 30.6. The molecule has 2 heterocycles. The van der Waals surface area contributed by atoms with Crippen molar-refractivity contribution in [2.75, 3.05) is 13.2 Å². The minimum absolute atomic E-state index is 0.0995. The van der Waals surface area contributed by atoms with Gasteiger partial charge in [-0.3, -0.25) is 9.89 Å². The number of amides is 1. The summed E-state index contributed by atoms with van der Waals surface area (Å²) in [5.74, 6) is 0.267. The Bertz CT molecular complexity index is 556. The molecule has 3 aliphatic rings. The molecule has 3 atom stereocenters. The maximum atomic E-state index is 12.5. The summed E-state index contributed by atoms with van der Waals surface area (Å²) in [6.07, 6.45) is 6.46. The predicted molar refractivity (Wildman–Crippen MR) is 81.3 cm³/mol. The van der Waals surface area contributed by atoms with Gasteiger partial charge in [-0.25, -0.2) is 0 Å². The topological polar surface area (TPSA) is 79.0 Å². The van der Waals surface area contributed by atoms with Gasteiger partial charge in [0.15, 0.2) is 0 Å². The van der Waals surface area contributed by atoms with Crippen LogP contribution < -0.4 is 10.6 Å². The van der Waals surface area contributed by atoms with Gasteiger partial charge in [-0.1, -0.05) is 0 Å². The van der Waals surface area contributed by atoms with E-state index in [1.807, 2.05) is 0 Å². The predicted octanol–water partition coefficient (Wildman–Crippen LogP) is 0.672. The summed E-state index contributed by atoms with van der Waals surface area (Å²) in [4.78, 5) is 12.5. The number of fused-ring (bicyclic) bond motifs is 2. The Labute approximate surface area is 130 Å². The minimum Gasteiger partial charge on any atom is -0.375 e. The monoisotopic (exact) mass is 304 g/mol. The molecule has 6 heteroatoms. The van der Waals surface area contributed by atoms with E-state index in [0.717, 1.165) is 50.9 Å². The molecule has 6 nitrogen and oxygen atoms in total. The number of hydrogen-bond donors (Lipinski definition) is 3. The van der Waals surface area contributed by atoms with Crippen LogP contribution in [0.25, 0.3) is 0 Å². The number of carbonyl (C=O) groups excluding carboxylic acids is 1. The molecule has 4 rings (SSSR count). The number of nitrogens with zero attached hydrogens (tertiary/aromatic N) is 1. The van der Waals surface area contributed by atoms with Crippen molar-refractivity contribution < 1.29 is 9.53 Å². The van der Waals surface area contributed by atoms with Crippen molar-refractivity contribution in [1.82, 2.24) is 20.8 Å². The molecule has 22 heavy (non-hydrogen) atoms. The van der Waals surface area contributed by atoms with Crippen LogP contribution in [0.15, 0.2) is 0 Å². The molecular formula is C16H24N4O2. The Kier molecular flexibility index (Phi) is 3.88. The van der Waals surface area contributed by atoms with Gasteiger partial charge in [0.1, 0.15) is 0 Å². The van der Waals surface area contributed by atoms with Crippen LogP contribution in [0.1, 0.15) is 42.6 Å². The Morgan fingerprint density at radius 3 is 3.27 bits per heavy atom. The van der Waals surface area contributed by atoms with Gasteiger partial charge in [0.2, 0.25) is 5.91 Å². The number of aryl methyl sites for hydroxylation is 1. The van der Waals surface area contributed by atoms with E-state index in [1.54, 1.807) is 0 Å². The maximum absolute atomic E-state index is 12.5. The molecule has 0 bridgehead atoms. The fraction of sp³-hybridized carbons (Fsp3) is 0.750. The standard InChI is InChI=1S/C16H24N4O2/c21-16(10-4-5-15-13(8-10)17-6-7-22-15)18-9-14-11-2-1-3-12(11)19-20-14/h10,13,15,17H,1-9H2,(H,18,21)(H,19,20)/t10-,13+,15+/m0/s1. The van der Waals surface area contributed by atoms with Gasteiger partial charge in [-0.2, -0.15) is 5.10 Å². The maximum Gasteiger partial charge on any atom is 0.223 e. The lowest BCUT2D eigenvalue weighted by atomic mass is 9.82. The Morgan fingerprint density at radius 2 is 2.32 bits per heavy atom. The number of hydrogen-bond acceptors (Lipinski definition) is 4. The van der Waals surface area contributed by atoms with Crippen molar-refractivity contribution in [3.63, 3.8) is 0 Å². The summed E-state index contributed by atoms with van der Waals surface area (Å²) in [7, 11) is 0. The average molecular weight is 304 g/mol. The van der Waals surface area contributed by atoms with E-state index in [4.69, 9.17) is 4.74 Å². The third kappa shape index (κ3) is 2.65. The van der Waals surface area contributed by atoms with E-state index < -0.39 is 0 Å². The molecule has 1 aromatic rings. The Balaban J connectivity index is 1.32. The third-order valence-corrected chi connectivity index (χ3v) is 5.32. The number of morpholine rings is 1. The fourth-order valence-corrected chi connectivity index (χ4v) is 4.10. The second-order valence-corrected chi connectivity index (χ2v) is 6.68. The van der Waals surface area contributed by atoms with Crippen molar-refractivity contribution in [1.29, 1.82) is 0 Å². The van der Waals surface area contributed by atoms with Crippen LogP contribution in [0.4, 0.5) is 0 Å². The van der Waals surface area contributed by atoms with Crippen LogP contribution in [-0.2, 0) is 28.9 Å². The first-order valence-electron chi connectivity index (χ1n) is 8.49. The molecule has 1 amide bonds. The van der Waals surface area contributed by atoms with Crippen LogP contribution in [0.5, 0.6) is 0 Å². The molecule has 1 aliphatic heterocycles. The van der Waals surface area contributed by atoms with Gasteiger partial charge in [-0.15, -0.1) is 0 Å². The van der Waals surface area contributed by atoms with Crippen molar-refractivity contribution in [3.05, 3.63) is 17.0 Å². The van der Waals surface area contributed by atoms with Crippen LogP contribution in [0.3, 0.4) is 0 Å². The highest BCUT2D eigenvalue weighted by atomic mass is 16.5. The second kappa shape index (κ2) is 6.01. The number of rotatable bonds is 3. The molecule has 2 fully saturated rings. The molecule has 1 saturated carbocycles. The number of carbonyl (C=O) groups is 1. The van der Waals surface area contributed by atoms with Gasteiger partial charge in [0, 0.05) is 24.2 Å². The number of ether oxygens (including phenoxy) is 1. The van der Waals surface area contributed by atoms with Gasteiger partial charge >= 0.3 is 0 Å². The zero-order valence-corrected chi connectivity index (χ0v) is 12.9. The van der Waals surface area contributed by atoms with Gasteiger partial charge in [0.25, 0.3) is 0 Å². The number of aromatic nitrogens is 2. The molecule has 1 saturated heterocycles. The smallest absolute Gasteiger partial charge is 0.223 e. The van der Waals surface area contributed by atoms with E-state index in [9.17, 15) is 4.79 Å². The fourth-order valence-electron chi connectivity index (χ4n) is 4.10. The first-order valence-corrected chi connectivity index (χ1v) is 8.49. The number of nitrogens with one attached hydrogen (secondary N) is 3. The highest BCUT2D eigenvalue weighted by Crippen LogP contribution is 2.28. The zero-order valence-electron chi connectivity index (χ0n) is 12.9. The van der Waals surface area contributed by atoms with E-state index >= 15 is 0 Å². The van der Waals surface area contributed by atoms with Crippen molar-refractivity contribution in [2.45, 2.75) is 57.2 Å².